The maximum atomic E-state index is 13.9. The Bertz CT molecular complexity index is 717. The molecule has 4 rings (SSSR count). The van der Waals surface area contributed by atoms with Gasteiger partial charge in [0.2, 0.25) is 0 Å². The highest BCUT2D eigenvalue weighted by atomic mass is 32.1. The first-order valence-electron chi connectivity index (χ1n) is 8.84. The molecular weight excluding hydrogens is 323 g/mol. The van der Waals surface area contributed by atoms with Crippen molar-refractivity contribution in [3.63, 3.8) is 0 Å². The van der Waals surface area contributed by atoms with Crippen LogP contribution in [-0.4, -0.2) is 29.1 Å². The monoisotopic (exact) mass is 346 g/mol. The van der Waals surface area contributed by atoms with E-state index >= 15 is 0 Å². The lowest BCUT2D eigenvalue weighted by Crippen LogP contribution is -2.36. The van der Waals surface area contributed by atoms with Gasteiger partial charge in [-0.15, -0.1) is 11.3 Å². The van der Waals surface area contributed by atoms with E-state index in [1.165, 1.54) is 34.5 Å². The van der Waals surface area contributed by atoms with Crippen LogP contribution in [0.1, 0.15) is 47.8 Å². The quantitative estimate of drug-likeness (QED) is 0.920. The van der Waals surface area contributed by atoms with Crippen molar-refractivity contribution in [2.45, 2.75) is 51.1 Å². The van der Waals surface area contributed by atoms with Crippen molar-refractivity contribution in [1.82, 2.24) is 15.3 Å². The first kappa shape index (κ1) is 16.0. The van der Waals surface area contributed by atoms with Crippen molar-refractivity contribution in [2.75, 3.05) is 18.0 Å². The minimum Gasteiger partial charge on any atom is -0.353 e. The van der Waals surface area contributed by atoms with Gasteiger partial charge in [-0.05, 0) is 44.2 Å². The predicted octanol–water partition coefficient (Wildman–Crippen LogP) is 3.49. The molecule has 2 atom stereocenters. The number of anilines is 1. The van der Waals surface area contributed by atoms with E-state index < -0.39 is 0 Å². The molecule has 0 aromatic carbocycles. The van der Waals surface area contributed by atoms with E-state index in [1.807, 2.05) is 11.3 Å². The first-order valence-corrected chi connectivity index (χ1v) is 9.66. The highest BCUT2D eigenvalue weighted by Gasteiger charge is 2.30. The molecule has 2 aromatic heterocycles. The highest BCUT2D eigenvalue weighted by Crippen LogP contribution is 2.35. The van der Waals surface area contributed by atoms with Gasteiger partial charge in [-0.2, -0.15) is 0 Å². The van der Waals surface area contributed by atoms with Gasteiger partial charge in [0.25, 0.3) is 0 Å². The van der Waals surface area contributed by atoms with Gasteiger partial charge in [0.15, 0.2) is 11.6 Å². The zero-order valence-electron chi connectivity index (χ0n) is 14.0. The summed E-state index contributed by atoms with van der Waals surface area (Å²) < 4.78 is 13.9. The molecule has 0 unspecified atom stereocenters. The molecule has 1 N–H and O–H groups in total. The van der Waals surface area contributed by atoms with Crippen LogP contribution in [0.4, 0.5) is 10.2 Å². The molecule has 2 aliphatic rings. The van der Waals surface area contributed by atoms with Gasteiger partial charge in [-0.25, -0.2) is 14.4 Å². The lowest BCUT2D eigenvalue weighted by atomic mass is 9.97. The summed E-state index contributed by atoms with van der Waals surface area (Å²) >= 11 is 1.87. The molecule has 0 radical (unpaired) electrons. The van der Waals surface area contributed by atoms with Crippen LogP contribution in [0.5, 0.6) is 0 Å². The summed E-state index contributed by atoms with van der Waals surface area (Å²) in [5, 5.41) is 5.06. The number of nitrogens with zero attached hydrogens (tertiary/aromatic N) is 3. The molecule has 0 bridgehead atoms. The minimum absolute atomic E-state index is 0.229. The Kier molecular flexibility index (Phi) is 4.50. The lowest BCUT2D eigenvalue weighted by molar-refractivity contribution is 0.413. The molecule has 24 heavy (non-hydrogen) atoms. The van der Waals surface area contributed by atoms with Crippen LogP contribution in [0.15, 0.2) is 18.3 Å². The number of rotatable bonds is 4. The van der Waals surface area contributed by atoms with E-state index in [0.29, 0.717) is 17.9 Å². The molecule has 128 valence electrons. The number of aromatic nitrogens is 2. The van der Waals surface area contributed by atoms with Crippen molar-refractivity contribution in [3.05, 3.63) is 39.7 Å². The number of halogens is 1. The van der Waals surface area contributed by atoms with E-state index in [2.05, 4.69) is 22.1 Å². The fourth-order valence-electron chi connectivity index (χ4n) is 3.76. The molecule has 2 aromatic rings. The topological polar surface area (TPSA) is 41.1 Å². The smallest absolute Gasteiger partial charge is 0.165 e. The van der Waals surface area contributed by atoms with Gasteiger partial charge in [0.1, 0.15) is 0 Å². The van der Waals surface area contributed by atoms with Gasteiger partial charge in [0, 0.05) is 36.2 Å². The summed E-state index contributed by atoms with van der Waals surface area (Å²) in [5.41, 5.74) is 1.30. The van der Waals surface area contributed by atoms with Crippen LogP contribution < -0.4 is 10.2 Å². The zero-order chi connectivity index (χ0) is 16.5. The summed E-state index contributed by atoms with van der Waals surface area (Å²) in [6.07, 6.45) is 7.19. The van der Waals surface area contributed by atoms with Crippen LogP contribution >= 0.6 is 11.3 Å². The number of nitrogens with one attached hydrogen (secondary N) is 1. The lowest BCUT2D eigenvalue weighted by Gasteiger charge is -2.26. The summed E-state index contributed by atoms with van der Waals surface area (Å²) in [4.78, 5) is 12.5. The molecule has 1 fully saturated rings. The van der Waals surface area contributed by atoms with Crippen LogP contribution in [-0.2, 0) is 12.8 Å². The van der Waals surface area contributed by atoms with E-state index in [-0.39, 0.29) is 5.82 Å². The number of aryl methyl sites for hydroxylation is 2. The summed E-state index contributed by atoms with van der Waals surface area (Å²) in [6.45, 7) is 3.84. The average Bonchev–Trinajstić information content (AvgIpc) is 3.22. The molecule has 1 aliphatic carbocycles. The van der Waals surface area contributed by atoms with Gasteiger partial charge in [-0.1, -0.05) is 6.92 Å². The largest absolute Gasteiger partial charge is 0.353 e. The van der Waals surface area contributed by atoms with E-state index in [1.54, 1.807) is 12.3 Å². The van der Waals surface area contributed by atoms with Gasteiger partial charge >= 0.3 is 0 Å². The normalized spacial score (nSPS) is 23.5. The van der Waals surface area contributed by atoms with Crippen molar-refractivity contribution < 1.29 is 4.39 Å². The molecule has 0 amide bonds. The average molecular weight is 346 g/mol. The summed E-state index contributed by atoms with van der Waals surface area (Å²) in [5.74, 6) is 0.255. The number of fused-ring (bicyclic) bond motifs is 1. The minimum atomic E-state index is -0.229. The van der Waals surface area contributed by atoms with Crippen LogP contribution in [0.25, 0.3) is 0 Å². The van der Waals surface area contributed by atoms with E-state index in [4.69, 9.17) is 4.98 Å². The number of thiazole rings is 1. The molecule has 1 aliphatic heterocycles. The first-order chi connectivity index (χ1) is 11.7. The van der Waals surface area contributed by atoms with Crippen LogP contribution in [0, 0.1) is 5.82 Å². The van der Waals surface area contributed by atoms with E-state index in [9.17, 15) is 4.39 Å². The Labute approximate surface area is 146 Å². The third-order valence-corrected chi connectivity index (χ3v) is 6.32. The Morgan fingerprint density at radius 2 is 2.33 bits per heavy atom. The second kappa shape index (κ2) is 6.76. The fraction of sp³-hybridized carbons (Fsp3) is 0.556. The van der Waals surface area contributed by atoms with Crippen molar-refractivity contribution >= 4 is 17.2 Å². The van der Waals surface area contributed by atoms with Gasteiger partial charge in [0.05, 0.1) is 10.7 Å². The zero-order valence-corrected chi connectivity index (χ0v) is 14.8. The van der Waals surface area contributed by atoms with Crippen molar-refractivity contribution in [2.24, 2.45) is 0 Å². The van der Waals surface area contributed by atoms with Crippen LogP contribution in [0.3, 0.4) is 0 Å². The summed E-state index contributed by atoms with van der Waals surface area (Å²) in [7, 11) is 0. The van der Waals surface area contributed by atoms with E-state index in [0.717, 1.165) is 32.4 Å². The molecule has 1 saturated heterocycles. The SMILES string of the molecule is CCc1nc2c(s1)[C@H](N[C@@H]1CCN(c3ncccc3F)C1)CCC2. The Balaban J connectivity index is 1.44. The second-order valence-electron chi connectivity index (χ2n) is 6.62. The van der Waals surface area contributed by atoms with Crippen LogP contribution in [0.2, 0.25) is 0 Å². The third-order valence-electron chi connectivity index (χ3n) is 4.96. The highest BCUT2D eigenvalue weighted by molar-refractivity contribution is 7.11. The van der Waals surface area contributed by atoms with Crippen molar-refractivity contribution in [1.29, 1.82) is 0 Å². The second-order valence-corrected chi connectivity index (χ2v) is 7.74. The number of hydrogen-bond acceptors (Lipinski definition) is 5. The van der Waals surface area contributed by atoms with Crippen molar-refractivity contribution in [3.8, 4) is 0 Å². The molecular formula is C18H23FN4S. The summed E-state index contributed by atoms with van der Waals surface area (Å²) in [6, 6.07) is 3.92. The number of hydrogen-bond donors (Lipinski definition) is 1. The standard InChI is InChI=1S/C18H23FN4S/c1-2-16-22-15-7-3-6-14(17(15)24-16)21-12-8-10-23(11-12)18-13(19)5-4-9-20-18/h4-5,9,12,14,21H,2-3,6-8,10-11H2,1H3/t12-,14-/m1/s1. The number of pyridine rings is 1. The van der Waals surface area contributed by atoms with Gasteiger partial charge in [-0.3, -0.25) is 0 Å². The molecule has 0 saturated carbocycles. The maximum absolute atomic E-state index is 13.9. The van der Waals surface area contributed by atoms with Gasteiger partial charge < -0.3 is 10.2 Å². The maximum Gasteiger partial charge on any atom is 0.165 e. The molecule has 3 heterocycles. The molecule has 4 nitrogen and oxygen atoms in total. The Morgan fingerprint density at radius 3 is 3.17 bits per heavy atom. The Hall–Kier alpha value is -1.53. The Morgan fingerprint density at radius 1 is 1.42 bits per heavy atom. The fourth-order valence-corrected chi connectivity index (χ4v) is 4.91. The molecule has 0 spiro atoms. The predicted molar refractivity (Wildman–Crippen MR) is 95.1 cm³/mol. The molecule has 6 heteroatoms. The third kappa shape index (κ3) is 3.05.